The fraction of sp³-hybridized carbons (Fsp3) is 0.579. The number of carbonyl (C=O) groups excluding carboxylic acids is 1. The summed E-state index contributed by atoms with van der Waals surface area (Å²) in [5.74, 6) is -1.36. The number of carbonyl (C=O) groups is 2. The van der Waals surface area contributed by atoms with E-state index in [2.05, 4.69) is 0 Å². The molecular formula is C19H24FNO4. The smallest absolute Gasteiger partial charge is 0.313 e. The van der Waals surface area contributed by atoms with Gasteiger partial charge in [-0.15, -0.1) is 0 Å². The van der Waals surface area contributed by atoms with Gasteiger partial charge in [0, 0.05) is 20.2 Å². The van der Waals surface area contributed by atoms with Crippen LogP contribution in [-0.4, -0.2) is 48.7 Å². The molecule has 2 fully saturated rings. The van der Waals surface area contributed by atoms with Gasteiger partial charge in [0.25, 0.3) is 0 Å². The van der Waals surface area contributed by atoms with E-state index in [-0.39, 0.29) is 24.9 Å². The van der Waals surface area contributed by atoms with Crippen LogP contribution in [0.15, 0.2) is 24.3 Å². The molecule has 5 nitrogen and oxygen atoms in total. The van der Waals surface area contributed by atoms with Crippen LogP contribution in [0, 0.1) is 11.2 Å². The van der Waals surface area contributed by atoms with Crippen molar-refractivity contribution in [3.8, 4) is 0 Å². The van der Waals surface area contributed by atoms with Crippen molar-refractivity contribution in [3.63, 3.8) is 0 Å². The molecule has 0 radical (unpaired) electrons. The average Bonchev–Trinajstić information content (AvgIpc) is 3.23. The molecule has 1 aliphatic heterocycles. The lowest BCUT2D eigenvalue weighted by Crippen LogP contribution is -2.47. The van der Waals surface area contributed by atoms with Gasteiger partial charge in [-0.1, -0.05) is 25.0 Å². The minimum atomic E-state index is -1.05. The number of rotatable bonds is 5. The number of aliphatic carboxylic acids is 1. The van der Waals surface area contributed by atoms with Crippen molar-refractivity contribution in [1.82, 2.24) is 4.90 Å². The van der Waals surface area contributed by atoms with Crippen molar-refractivity contribution in [2.75, 3.05) is 26.8 Å². The van der Waals surface area contributed by atoms with Crippen LogP contribution in [0.2, 0.25) is 0 Å². The number of hydrogen-bond donors (Lipinski definition) is 1. The van der Waals surface area contributed by atoms with E-state index < -0.39 is 16.8 Å². The summed E-state index contributed by atoms with van der Waals surface area (Å²) in [6.07, 6.45) is 3.56. The Morgan fingerprint density at radius 2 is 2.00 bits per heavy atom. The number of carboxylic acids is 1. The second-order valence-corrected chi connectivity index (χ2v) is 7.29. The third-order valence-corrected chi connectivity index (χ3v) is 5.76. The molecule has 1 aromatic rings. The summed E-state index contributed by atoms with van der Waals surface area (Å²) < 4.78 is 18.8. The summed E-state index contributed by atoms with van der Waals surface area (Å²) in [6.45, 7) is 0.622. The second kappa shape index (κ2) is 6.75. The quantitative estimate of drug-likeness (QED) is 0.887. The standard InChI is InChI=1S/C19H24FNO4/c1-25-13-18(17(23)24)9-10-21(12-18)16(22)19(7-2-3-8-19)14-5-4-6-15(20)11-14/h4-6,11H,2-3,7-10,12-13H2,1H3,(H,23,24). The van der Waals surface area contributed by atoms with Gasteiger partial charge in [-0.3, -0.25) is 9.59 Å². The van der Waals surface area contributed by atoms with Crippen LogP contribution in [0.4, 0.5) is 4.39 Å². The zero-order valence-corrected chi connectivity index (χ0v) is 14.5. The van der Waals surface area contributed by atoms with Crippen LogP contribution in [0.1, 0.15) is 37.7 Å². The lowest BCUT2D eigenvalue weighted by Gasteiger charge is -2.33. The first-order chi connectivity index (χ1) is 11.9. The highest BCUT2D eigenvalue weighted by atomic mass is 19.1. The highest BCUT2D eigenvalue weighted by molar-refractivity contribution is 5.90. The normalized spacial score (nSPS) is 25.3. The molecule has 25 heavy (non-hydrogen) atoms. The Hall–Kier alpha value is -1.95. The molecule has 1 amide bonds. The van der Waals surface area contributed by atoms with E-state index in [9.17, 15) is 19.1 Å². The lowest BCUT2D eigenvalue weighted by atomic mass is 9.77. The molecule has 1 heterocycles. The van der Waals surface area contributed by atoms with Gasteiger partial charge in [0.05, 0.1) is 12.0 Å². The third-order valence-electron chi connectivity index (χ3n) is 5.76. The molecule has 1 N–H and O–H groups in total. The number of amides is 1. The zero-order valence-electron chi connectivity index (χ0n) is 14.5. The predicted molar refractivity (Wildman–Crippen MR) is 89.7 cm³/mol. The minimum absolute atomic E-state index is 0.0742. The Morgan fingerprint density at radius 1 is 1.28 bits per heavy atom. The Balaban J connectivity index is 1.89. The number of likely N-dealkylation sites (tertiary alicyclic amines) is 1. The highest BCUT2D eigenvalue weighted by Gasteiger charge is 2.51. The fourth-order valence-electron chi connectivity index (χ4n) is 4.37. The summed E-state index contributed by atoms with van der Waals surface area (Å²) >= 11 is 0. The van der Waals surface area contributed by atoms with Gasteiger partial charge >= 0.3 is 5.97 Å². The molecule has 0 bridgehead atoms. The van der Waals surface area contributed by atoms with Crippen molar-refractivity contribution < 1.29 is 23.8 Å². The molecule has 3 rings (SSSR count). The molecular weight excluding hydrogens is 325 g/mol. The van der Waals surface area contributed by atoms with Gasteiger partial charge in [0.15, 0.2) is 0 Å². The van der Waals surface area contributed by atoms with Crippen LogP contribution >= 0.6 is 0 Å². The summed E-state index contributed by atoms with van der Waals surface area (Å²) in [4.78, 5) is 26.7. The average molecular weight is 349 g/mol. The van der Waals surface area contributed by atoms with Crippen LogP contribution in [0.25, 0.3) is 0 Å². The van der Waals surface area contributed by atoms with Crippen LogP contribution in [0.3, 0.4) is 0 Å². The molecule has 1 saturated carbocycles. The summed E-state index contributed by atoms with van der Waals surface area (Å²) in [7, 11) is 1.47. The highest BCUT2D eigenvalue weighted by Crippen LogP contribution is 2.44. The number of halogens is 1. The maximum absolute atomic E-state index is 13.7. The maximum Gasteiger partial charge on any atom is 0.313 e. The fourth-order valence-corrected chi connectivity index (χ4v) is 4.37. The SMILES string of the molecule is COCC1(C(=O)O)CCN(C(=O)C2(c3cccc(F)c3)CCCC2)C1. The van der Waals surface area contributed by atoms with Crippen molar-refractivity contribution in [2.24, 2.45) is 5.41 Å². The number of ether oxygens (including phenoxy) is 1. The first-order valence-corrected chi connectivity index (χ1v) is 8.71. The van der Waals surface area contributed by atoms with Gasteiger partial charge in [0.2, 0.25) is 5.91 Å². The largest absolute Gasteiger partial charge is 0.481 e. The molecule has 1 aliphatic carbocycles. The van der Waals surface area contributed by atoms with E-state index in [1.165, 1.54) is 19.2 Å². The first-order valence-electron chi connectivity index (χ1n) is 8.71. The Kier molecular flexibility index (Phi) is 4.82. The van der Waals surface area contributed by atoms with Crippen molar-refractivity contribution in [1.29, 1.82) is 0 Å². The van der Waals surface area contributed by atoms with Gasteiger partial charge in [-0.25, -0.2) is 4.39 Å². The van der Waals surface area contributed by atoms with E-state index in [1.54, 1.807) is 11.0 Å². The monoisotopic (exact) mass is 349 g/mol. The Labute approximate surface area is 146 Å². The van der Waals surface area contributed by atoms with Crippen molar-refractivity contribution in [3.05, 3.63) is 35.6 Å². The zero-order chi connectivity index (χ0) is 18.1. The maximum atomic E-state index is 13.7. The molecule has 1 unspecified atom stereocenters. The van der Waals surface area contributed by atoms with Crippen molar-refractivity contribution in [2.45, 2.75) is 37.5 Å². The van der Waals surface area contributed by atoms with Crippen LogP contribution in [-0.2, 0) is 19.7 Å². The summed E-state index contributed by atoms with van der Waals surface area (Å²) in [5.41, 5.74) is -1.08. The minimum Gasteiger partial charge on any atom is -0.481 e. The second-order valence-electron chi connectivity index (χ2n) is 7.29. The molecule has 1 atom stereocenters. The number of nitrogens with zero attached hydrogens (tertiary/aromatic N) is 1. The molecule has 1 aromatic carbocycles. The number of hydrogen-bond acceptors (Lipinski definition) is 3. The lowest BCUT2D eigenvalue weighted by molar-refractivity contribution is -0.152. The Morgan fingerprint density at radius 3 is 2.60 bits per heavy atom. The van der Waals surface area contributed by atoms with E-state index in [0.717, 1.165) is 12.8 Å². The molecule has 0 spiro atoms. The molecule has 136 valence electrons. The summed E-state index contributed by atoms with van der Waals surface area (Å²) in [6, 6.07) is 6.26. The number of carboxylic acid groups (broad SMARTS) is 1. The van der Waals surface area contributed by atoms with Crippen LogP contribution < -0.4 is 0 Å². The van der Waals surface area contributed by atoms with Gasteiger partial charge in [-0.05, 0) is 37.0 Å². The molecule has 2 aliphatic rings. The van der Waals surface area contributed by atoms with Crippen molar-refractivity contribution >= 4 is 11.9 Å². The number of methoxy groups -OCH3 is 1. The topological polar surface area (TPSA) is 66.8 Å². The molecule has 1 saturated heterocycles. The number of benzene rings is 1. The Bertz CT molecular complexity index is 671. The van der Waals surface area contributed by atoms with E-state index in [1.807, 2.05) is 6.07 Å². The van der Waals surface area contributed by atoms with E-state index in [4.69, 9.17) is 4.74 Å². The summed E-state index contributed by atoms with van der Waals surface area (Å²) in [5, 5.41) is 9.61. The van der Waals surface area contributed by atoms with E-state index in [0.29, 0.717) is 31.4 Å². The first kappa shape index (κ1) is 17.9. The van der Waals surface area contributed by atoms with Gasteiger partial charge in [-0.2, -0.15) is 0 Å². The third kappa shape index (κ3) is 3.03. The van der Waals surface area contributed by atoms with Crippen LogP contribution in [0.5, 0.6) is 0 Å². The van der Waals surface area contributed by atoms with Gasteiger partial charge in [0.1, 0.15) is 11.2 Å². The predicted octanol–water partition coefficient (Wildman–Crippen LogP) is 2.59. The van der Waals surface area contributed by atoms with Gasteiger partial charge < -0.3 is 14.7 Å². The molecule has 0 aromatic heterocycles. The molecule has 6 heteroatoms. The van der Waals surface area contributed by atoms with E-state index >= 15 is 0 Å².